The van der Waals surface area contributed by atoms with E-state index in [-0.39, 0.29) is 23.9 Å². The first kappa shape index (κ1) is 25.3. The molecule has 10 heteroatoms. The fraction of sp³-hybridized carbons (Fsp3) is 0.880. The molecule has 2 aliphatic heterocycles. The third kappa shape index (κ3) is 5.34. The van der Waals surface area contributed by atoms with Gasteiger partial charge in [0, 0.05) is 69.1 Å². The van der Waals surface area contributed by atoms with E-state index in [1.54, 1.807) is 16.2 Å². The molecule has 0 radical (unpaired) electrons. The number of aromatic nitrogens is 2. The van der Waals surface area contributed by atoms with Gasteiger partial charge in [-0.05, 0) is 52.4 Å². The normalized spacial score (nSPS) is 29.9. The maximum Gasteiger partial charge on any atom is 0.317 e. The van der Waals surface area contributed by atoms with Gasteiger partial charge in [-0.15, -0.1) is 21.5 Å². The third-order valence-electron chi connectivity index (χ3n) is 8.71. The summed E-state index contributed by atoms with van der Waals surface area (Å²) in [4.78, 5) is 19.5. The van der Waals surface area contributed by atoms with Gasteiger partial charge in [0.05, 0.1) is 0 Å². The van der Waals surface area contributed by atoms with Crippen molar-refractivity contribution in [3.8, 4) is 0 Å². The van der Waals surface area contributed by atoms with E-state index in [0.29, 0.717) is 37.9 Å². The highest BCUT2D eigenvalue weighted by Crippen LogP contribution is 2.44. The smallest absolute Gasteiger partial charge is 0.317 e. The highest BCUT2D eigenvalue weighted by molar-refractivity contribution is 7.11. The first-order valence-corrected chi connectivity index (χ1v) is 14.2. The van der Waals surface area contributed by atoms with Crippen LogP contribution in [0.15, 0.2) is 0 Å². The summed E-state index contributed by atoms with van der Waals surface area (Å²) in [6.07, 6.45) is 5.03. The summed E-state index contributed by atoms with van der Waals surface area (Å²) in [6.45, 7) is 11.0. The lowest BCUT2D eigenvalue weighted by Gasteiger charge is -2.48. The number of rotatable bonds is 5. The number of carbonyl (C=O) groups excluding carboxylic acids is 1. The van der Waals surface area contributed by atoms with Gasteiger partial charge in [0.1, 0.15) is 16.1 Å². The molecule has 2 saturated carbocycles. The van der Waals surface area contributed by atoms with Crippen LogP contribution in [0.2, 0.25) is 0 Å². The topological polar surface area (TPSA) is 64.6 Å². The number of piperazine rings is 1. The lowest BCUT2D eigenvalue weighted by molar-refractivity contribution is -0.0973. The number of urea groups is 1. The molecule has 5 rings (SSSR count). The van der Waals surface area contributed by atoms with Gasteiger partial charge >= 0.3 is 6.03 Å². The van der Waals surface area contributed by atoms with E-state index in [9.17, 15) is 4.79 Å². The zero-order valence-electron chi connectivity index (χ0n) is 21.3. The van der Waals surface area contributed by atoms with Gasteiger partial charge in [0.2, 0.25) is 0 Å². The van der Waals surface area contributed by atoms with Crippen LogP contribution in [0.25, 0.3) is 0 Å². The summed E-state index contributed by atoms with van der Waals surface area (Å²) in [5.74, 6) is -2.29. The summed E-state index contributed by atoms with van der Waals surface area (Å²) in [6, 6.07) is -1.33. The van der Waals surface area contributed by atoms with E-state index < -0.39 is 12.0 Å². The van der Waals surface area contributed by atoms with Crippen LogP contribution < -0.4 is 5.32 Å². The van der Waals surface area contributed by atoms with Crippen molar-refractivity contribution in [1.29, 1.82) is 0 Å². The van der Waals surface area contributed by atoms with Gasteiger partial charge in [0.25, 0.3) is 5.92 Å². The number of nitrogens with zero attached hydrogens (tertiary/aromatic N) is 5. The number of hydrogen-bond donors (Lipinski definition) is 1. The Kier molecular flexibility index (Phi) is 7.09. The monoisotopic (exact) mass is 510 g/mol. The Labute approximate surface area is 211 Å². The SMILES string of the molecule is CC(C)N1CCN(C2CCCC(F)(F)[C@@H]2NC(=O)N2CCC(C)(c3nnc(C4CC4)s3)CC2)CC1. The Balaban J connectivity index is 1.20. The van der Waals surface area contributed by atoms with Crippen LogP contribution in [0.4, 0.5) is 13.6 Å². The van der Waals surface area contributed by atoms with E-state index >= 15 is 8.78 Å². The number of amides is 2. The summed E-state index contributed by atoms with van der Waals surface area (Å²) < 4.78 is 30.3. The zero-order valence-corrected chi connectivity index (χ0v) is 22.1. The number of halogens is 2. The Bertz CT molecular complexity index is 890. The molecule has 0 aromatic carbocycles. The predicted octanol–water partition coefficient (Wildman–Crippen LogP) is 4.06. The summed E-state index contributed by atoms with van der Waals surface area (Å²) in [5.41, 5.74) is -0.102. The Morgan fingerprint density at radius 1 is 1.03 bits per heavy atom. The van der Waals surface area contributed by atoms with Crippen LogP contribution in [0.3, 0.4) is 0 Å². The van der Waals surface area contributed by atoms with E-state index in [2.05, 4.69) is 46.1 Å². The Hall–Kier alpha value is -1.39. The van der Waals surface area contributed by atoms with E-state index in [1.165, 1.54) is 12.8 Å². The molecular formula is C25H40F2N6OS. The maximum atomic E-state index is 15.1. The standard InChI is InChI=1S/C25H40F2N6OS/c1-17(2)31-13-15-32(16-14-31)19-5-4-8-25(26,27)20(19)28-23(34)33-11-9-24(3,10-12-33)22-30-29-21(35-22)18-6-7-18/h17-20H,4-16H2,1-3H3,(H,28,34)/t19?,20-/m1/s1. The van der Waals surface area contributed by atoms with Crippen LogP contribution in [0.1, 0.15) is 81.7 Å². The molecule has 2 saturated heterocycles. The van der Waals surface area contributed by atoms with Gasteiger partial charge in [-0.2, -0.15) is 0 Å². The van der Waals surface area contributed by atoms with E-state index in [0.717, 1.165) is 49.0 Å². The van der Waals surface area contributed by atoms with Gasteiger partial charge in [-0.1, -0.05) is 6.92 Å². The minimum Gasteiger partial charge on any atom is -0.328 e. The van der Waals surface area contributed by atoms with Crippen molar-refractivity contribution in [2.45, 2.75) is 101 Å². The molecule has 2 amide bonds. The minimum absolute atomic E-state index is 0.102. The fourth-order valence-electron chi connectivity index (χ4n) is 5.95. The minimum atomic E-state index is -2.89. The molecule has 1 unspecified atom stereocenters. The van der Waals surface area contributed by atoms with Crippen molar-refractivity contribution in [1.82, 2.24) is 30.2 Å². The third-order valence-corrected chi connectivity index (χ3v) is 10.1. The van der Waals surface area contributed by atoms with Gasteiger partial charge in [-0.25, -0.2) is 13.6 Å². The second kappa shape index (κ2) is 9.82. The first-order chi connectivity index (χ1) is 16.7. The van der Waals surface area contributed by atoms with E-state index in [1.807, 2.05) is 0 Å². The molecule has 1 N–H and O–H groups in total. The number of hydrogen-bond acceptors (Lipinski definition) is 6. The fourth-order valence-corrected chi connectivity index (χ4v) is 7.16. The van der Waals surface area contributed by atoms with Gasteiger partial charge < -0.3 is 10.2 Å². The molecule has 196 valence electrons. The average Bonchev–Trinajstić information content (AvgIpc) is 3.56. The summed E-state index contributed by atoms with van der Waals surface area (Å²) in [5, 5.41) is 13.9. The molecular weight excluding hydrogens is 470 g/mol. The van der Waals surface area contributed by atoms with Crippen molar-refractivity contribution in [2.75, 3.05) is 39.3 Å². The number of alkyl halides is 2. The highest BCUT2D eigenvalue weighted by atomic mass is 32.1. The number of piperidine rings is 1. The van der Waals surface area contributed by atoms with Crippen molar-refractivity contribution in [2.24, 2.45) is 0 Å². The number of carbonyl (C=O) groups is 1. The first-order valence-electron chi connectivity index (χ1n) is 13.4. The quantitative estimate of drug-likeness (QED) is 0.647. The van der Waals surface area contributed by atoms with Crippen molar-refractivity contribution in [3.63, 3.8) is 0 Å². The number of nitrogens with one attached hydrogen (secondary N) is 1. The summed E-state index contributed by atoms with van der Waals surface area (Å²) >= 11 is 1.72. The van der Waals surface area contributed by atoms with Crippen molar-refractivity contribution < 1.29 is 13.6 Å². The molecule has 2 atom stereocenters. The largest absolute Gasteiger partial charge is 0.328 e. The second-order valence-corrected chi connectivity index (χ2v) is 12.6. The van der Waals surface area contributed by atoms with Crippen LogP contribution in [-0.2, 0) is 5.41 Å². The average molecular weight is 511 g/mol. The van der Waals surface area contributed by atoms with Gasteiger partial charge in [-0.3, -0.25) is 9.80 Å². The van der Waals surface area contributed by atoms with Crippen LogP contribution >= 0.6 is 11.3 Å². The number of likely N-dealkylation sites (tertiary alicyclic amines) is 1. The zero-order chi connectivity index (χ0) is 24.8. The maximum absolute atomic E-state index is 15.1. The van der Waals surface area contributed by atoms with E-state index in [4.69, 9.17) is 0 Å². The van der Waals surface area contributed by atoms with Crippen molar-refractivity contribution >= 4 is 17.4 Å². The van der Waals surface area contributed by atoms with Gasteiger partial charge in [0.15, 0.2) is 0 Å². The lowest BCUT2D eigenvalue weighted by atomic mass is 9.81. The highest BCUT2D eigenvalue weighted by Gasteiger charge is 2.50. The molecule has 4 aliphatic rings. The molecule has 2 aliphatic carbocycles. The van der Waals surface area contributed by atoms with Crippen LogP contribution in [0, 0.1) is 0 Å². The molecule has 3 heterocycles. The van der Waals surface area contributed by atoms with Crippen LogP contribution in [-0.4, -0.2) is 94.2 Å². The lowest BCUT2D eigenvalue weighted by Crippen LogP contribution is -2.66. The second-order valence-electron chi connectivity index (χ2n) is 11.6. The Morgan fingerprint density at radius 3 is 2.34 bits per heavy atom. The molecule has 4 fully saturated rings. The molecule has 7 nitrogen and oxygen atoms in total. The molecule has 0 spiro atoms. The van der Waals surface area contributed by atoms with Crippen molar-refractivity contribution in [3.05, 3.63) is 10.0 Å². The molecule has 0 bridgehead atoms. The molecule has 1 aromatic rings. The summed E-state index contributed by atoms with van der Waals surface area (Å²) in [7, 11) is 0. The predicted molar refractivity (Wildman–Crippen MR) is 133 cm³/mol. The molecule has 1 aromatic heterocycles. The van der Waals surface area contributed by atoms with Crippen LogP contribution in [0.5, 0.6) is 0 Å². The Morgan fingerprint density at radius 2 is 1.71 bits per heavy atom. The molecule has 35 heavy (non-hydrogen) atoms.